The van der Waals surface area contributed by atoms with Crippen molar-refractivity contribution in [1.82, 2.24) is 20.8 Å². The van der Waals surface area contributed by atoms with E-state index in [4.69, 9.17) is 0 Å². The largest absolute Gasteiger partial charge is 0.479 e. The van der Waals surface area contributed by atoms with Gasteiger partial charge in [-0.15, -0.1) is 0 Å². The van der Waals surface area contributed by atoms with Gasteiger partial charge in [-0.25, -0.2) is 14.9 Å². The van der Waals surface area contributed by atoms with E-state index >= 15 is 0 Å². The lowest BCUT2D eigenvalue weighted by Crippen LogP contribution is -2.47. The van der Waals surface area contributed by atoms with Crippen molar-refractivity contribution in [2.45, 2.75) is 130 Å². The van der Waals surface area contributed by atoms with Crippen molar-refractivity contribution >= 4 is 29.6 Å². The number of carbonyl (C=O) groups excluding carboxylic acids is 4. The number of aliphatic hydroxyl groups is 1. The van der Waals surface area contributed by atoms with E-state index in [0.717, 1.165) is 30.7 Å². The topological polar surface area (TPSA) is 197 Å². The Hall–Kier alpha value is -2.77. The molecule has 44 heavy (non-hydrogen) atoms. The Bertz CT molecular complexity index is 869. The maximum absolute atomic E-state index is 12.3. The number of hydrogen-bond acceptors (Lipinski definition) is 8. The molecule has 0 bridgehead atoms. The highest BCUT2D eigenvalue weighted by molar-refractivity contribution is 5.91. The van der Waals surface area contributed by atoms with Crippen LogP contribution in [0.3, 0.4) is 0 Å². The van der Waals surface area contributed by atoms with Gasteiger partial charge in [0.2, 0.25) is 23.6 Å². The van der Waals surface area contributed by atoms with E-state index in [1.165, 1.54) is 0 Å². The van der Waals surface area contributed by atoms with Crippen molar-refractivity contribution in [2.75, 3.05) is 26.2 Å². The van der Waals surface area contributed by atoms with Crippen LogP contribution in [0.25, 0.3) is 0 Å². The second kappa shape index (κ2) is 23.6. The Labute approximate surface area is 262 Å². The normalized spacial score (nSPS) is 12.6. The molecule has 0 heterocycles. The van der Waals surface area contributed by atoms with E-state index in [1.807, 2.05) is 13.8 Å². The van der Waals surface area contributed by atoms with Crippen LogP contribution in [0.4, 0.5) is 0 Å². The number of nitrogens with one attached hydrogen (secondary N) is 2. The predicted molar refractivity (Wildman–Crippen MR) is 165 cm³/mol. The Morgan fingerprint density at radius 1 is 0.614 bits per heavy atom. The van der Waals surface area contributed by atoms with Gasteiger partial charge < -0.3 is 20.8 Å². The number of carbonyl (C=O) groups is 5. The molecule has 13 nitrogen and oxygen atoms in total. The van der Waals surface area contributed by atoms with E-state index in [0.29, 0.717) is 68.3 Å². The molecule has 0 rings (SSSR count). The molecular formula is C31H58N4O9. The summed E-state index contributed by atoms with van der Waals surface area (Å²) in [5.41, 5.74) is -2.56. The van der Waals surface area contributed by atoms with Gasteiger partial charge in [-0.2, -0.15) is 0 Å². The molecule has 0 aromatic rings. The van der Waals surface area contributed by atoms with Crippen molar-refractivity contribution in [2.24, 2.45) is 11.8 Å². The third-order valence-corrected chi connectivity index (χ3v) is 7.23. The summed E-state index contributed by atoms with van der Waals surface area (Å²) >= 11 is 0. The molecule has 0 aromatic carbocycles. The van der Waals surface area contributed by atoms with Crippen LogP contribution in [-0.2, 0) is 24.0 Å². The Balaban J connectivity index is 4.16. The lowest BCUT2D eigenvalue weighted by Gasteiger charge is -2.22. The van der Waals surface area contributed by atoms with Crippen LogP contribution in [0.2, 0.25) is 0 Å². The summed E-state index contributed by atoms with van der Waals surface area (Å²) in [6.45, 7) is 9.09. The highest BCUT2D eigenvalue weighted by Crippen LogP contribution is 2.16. The number of nitrogens with zero attached hydrogens (tertiary/aromatic N) is 2. The minimum atomic E-state index is -2.56. The first-order valence-electron chi connectivity index (χ1n) is 16.2. The van der Waals surface area contributed by atoms with Crippen LogP contribution >= 0.6 is 0 Å². The van der Waals surface area contributed by atoms with Crippen LogP contribution in [-0.4, -0.2) is 92.1 Å². The number of hydroxylamine groups is 4. The van der Waals surface area contributed by atoms with Gasteiger partial charge in [0.1, 0.15) is 0 Å². The zero-order valence-electron chi connectivity index (χ0n) is 27.3. The van der Waals surface area contributed by atoms with Crippen LogP contribution in [0.5, 0.6) is 0 Å². The van der Waals surface area contributed by atoms with Gasteiger partial charge in [0.05, 0.1) is 12.8 Å². The number of rotatable bonds is 26. The second-order valence-electron chi connectivity index (χ2n) is 12.5. The minimum Gasteiger partial charge on any atom is -0.479 e. The number of unbranched alkanes of at least 4 members (excludes halogenated alkanes) is 6. The standard InChI is InChI=1S/C31H58N4O9/c1-24(2)14-8-5-9-15-28(38)34(43)20-12-6-10-18-32-26(36)22-31(42,30(40)41)23-27(37)33-19-11-7-13-21-35(44)29(39)17-16-25(3)4/h24-25,42-44H,5-23H2,1-4H3,(H,32,36)(H,33,37)(H,40,41). The second-order valence-corrected chi connectivity index (χ2v) is 12.5. The molecule has 13 heteroatoms. The smallest absolute Gasteiger partial charge is 0.336 e. The molecule has 0 saturated carbocycles. The Morgan fingerprint density at radius 3 is 1.48 bits per heavy atom. The van der Waals surface area contributed by atoms with Crippen molar-refractivity contribution < 1.29 is 44.6 Å². The summed E-state index contributed by atoms with van der Waals surface area (Å²) in [5.74, 6) is -2.74. The van der Waals surface area contributed by atoms with Crippen molar-refractivity contribution in [3.63, 3.8) is 0 Å². The maximum atomic E-state index is 12.3. The van der Waals surface area contributed by atoms with E-state index < -0.39 is 36.2 Å². The molecule has 0 aliphatic carbocycles. The highest BCUT2D eigenvalue weighted by atomic mass is 16.5. The fourth-order valence-electron chi connectivity index (χ4n) is 4.38. The summed E-state index contributed by atoms with van der Waals surface area (Å²) in [6, 6.07) is 0. The predicted octanol–water partition coefficient (Wildman–Crippen LogP) is 3.63. The average Bonchev–Trinajstić information content (AvgIpc) is 2.94. The molecule has 6 N–H and O–H groups in total. The van der Waals surface area contributed by atoms with Crippen LogP contribution in [0.15, 0.2) is 0 Å². The molecule has 1 atom stereocenters. The van der Waals surface area contributed by atoms with Gasteiger partial charge >= 0.3 is 5.97 Å². The molecule has 0 spiro atoms. The van der Waals surface area contributed by atoms with E-state index in [2.05, 4.69) is 24.5 Å². The fraction of sp³-hybridized carbons (Fsp3) is 0.839. The monoisotopic (exact) mass is 630 g/mol. The van der Waals surface area contributed by atoms with Crippen molar-refractivity contribution in [1.29, 1.82) is 0 Å². The van der Waals surface area contributed by atoms with Gasteiger partial charge in [0.25, 0.3) is 0 Å². The summed E-state index contributed by atoms with van der Waals surface area (Å²) in [6.07, 6.45) is 6.88. The maximum Gasteiger partial charge on any atom is 0.336 e. The first kappa shape index (κ1) is 41.2. The fourth-order valence-corrected chi connectivity index (χ4v) is 4.38. The number of amides is 4. The first-order valence-corrected chi connectivity index (χ1v) is 16.2. The summed E-state index contributed by atoms with van der Waals surface area (Å²) in [7, 11) is 0. The molecular weight excluding hydrogens is 572 g/mol. The van der Waals surface area contributed by atoms with Crippen LogP contribution in [0.1, 0.15) is 124 Å². The lowest BCUT2D eigenvalue weighted by molar-refractivity contribution is -0.166. The summed E-state index contributed by atoms with van der Waals surface area (Å²) in [5, 5.41) is 46.1. The van der Waals surface area contributed by atoms with E-state index in [9.17, 15) is 44.6 Å². The molecule has 4 amide bonds. The highest BCUT2D eigenvalue weighted by Gasteiger charge is 2.40. The average molecular weight is 631 g/mol. The lowest BCUT2D eigenvalue weighted by atomic mass is 9.94. The molecule has 0 saturated heterocycles. The molecule has 0 fully saturated rings. The van der Waals surface area contributed by atoms with Crippen LogP contribution < -0.4 is 10.6 Å². The quantitative estimate of drug-likeness (QED) is 0.0469. The third kappa shape index (κ3) is 21.0. The third-order valence-electron chi connectivity index (χ3n) is 7.23. The van der Waals surface area contributed by atoms with Gasteiger partial charge in [0, 0.05) is 39.0 Å². The van der Waals surface area contributed by atoms with E-state index in [-0.39, 0.29) is 44.4 Å². The molecule has 0 aromatic heterocycles. The van der Waals surface area contributed by atoms with E-state index in [1.54, 1.807) is 0 Å². The number of hydrogen-bond donors (Lipinski definition) is 6. The summed E-state index contributed by atoms with van der Waals surface area (Å²) in [4.78, 5) is 60.0. The number of carboxylic acid groups (broad SMARTS) is 1. The molecule has 256 valence electrons. The first-order chi connectivity index (χ1) is 20.7. The Kier molecular flexibility index (Phi) is 22.1. The van der Waals surface area contributed by atoms with Crippen molar-refractivity contribution in [3.05, 3.63) is 0 Å². The zero-order chi connectivity index (χ0) is 33.5. The van der Waals surface area contributed by atoms with Gasteiger partial charge in [-0.3, -0.25) is 29.6 Å². The zero-order valence-corrected chi connectivity index (χ0v) is 27.3. The van der Waals surface area contributed by atoms with Crippen molar-refractivity contribution in [3.8, 4) is 0 Å². The minimum absolute atomic E-state index is 0.178. The summed E-state index contributed by atoms with van der Waals surface area (Å²) < 4.78 is 0. The van der Waals surface area contributed by atoms with Gasteiger partial charge in [-0.1, -0.05) is 47.0 Å². The number of carboxylic acids is 1. The molecule has 0 radical (unpaired) electrons. The Morgan fingerprint density at radius 2 is 1.05 bits per heavy atom. The van der Waals surface area contributed by atoms with Gasteiger partial charge in [-0.05, 0) is 63.2 Å². The number of aliphatic carboxylic acids is 1. The van der Waals surface area contributed by atoms with Crippen LogP contribution in [0, 0.1) is 11.8 Å². The molecule has 0 aliphatic rings. The molecule has 1 unspecified atom stereocenters. The van der Waals surface area contributed by atoms with Gasteiger partial charge in [0.15, 0.2) is 5.60 Å². The molecule has 0 aliphatic heterocycles. The SMILES string of the molecule is CC(C)CCCCCC(=O)N(O)CCCCCNC(=O)CC(O)(CC(=O)NCCCCCN(O)C(=O)CCC(C)C)C(=O)O.